The Hall–Kier alpha value is -2.33. The maximum Gasteiger partial charge on any atom is 0.292 e. The van der Waals surface area contributed by atoms with E-state index >= 15 is 0 Å². The van der Waals surface area contributed by atoms with Crippen molar-refractivity contribution in [2.75, 3.05) is 7.11 Å². The average Bonchev–Trinajstić information content (AvgIpc) is 2.33. The molecule has 0 aromatic heterocycles. The summed E-state index contributed by atoms with van der Waals surface area (Å²) in [5.74, 6) is 0. The number of carbonyl (C=O) groups excluding carboxylic acids is 1. The van der Waals surface area contributed by atoms with Crippen LogP contribution in [0.2, 0.25) is 0 Å². The van der Waals surface area contributed by atoms with E-state index in [4.69, 9.17) is 15.3 Å². The molecule has 84 valence electrons. The highest BCUT2D eigenvalue weighted by Gasteiger charge is 1.83. The lowest BCUT2D eigenvalue weighted by molar-refractivity contribution is -0.126. The SMILES string of the molecule is COC=O.Cc1ccccc1C.N#CC#N. The predicted octanol–water partition coefficient (Wildman–Crippen LogP) is 2.13. The van der Waals surface area contributed by atoms with Gasteiger partial charge in [0.15, 0.2) is 12.1 Å². The molecule has 0 radical (unpaired) electrons. The first-order valence-corrected chi connectivity index (χ1v) is 4.40. The van der Waals surface area contributed by atoms with Crippen molar-refractivity contribution in [3.63, 3.8) is 0 Å². The minimum atomic E-state index is 0.375. The normalized spacial score (nSPS) is 6.56. The Bertz CT molecular complexity index is 342. The fourth-order valence-electron chi connectivity index (χ4n) is 0.663. The molecule has 0 aliphatic rings. The summed E-state index contributed by atoms with van der Waals surface area (Å²) in [7, 11) is 1.31. The number of nitriles is 2. The third kappa shape index (κ3) is 11.7. The van der Waals surface area contributed by atoms with Crippen LogP contribution in [0.3, 0.4) is 0 Å². The largest absolute Gasteiger partial charge is 0.471 e. The number of methoxy groups -OCH3 is 1. The molecule has 1 rings (SSSR count). The molecule has 0 aliphatic carbocycles. The van der Waals surface area contributed by atoms with Crippen molar-refractivity contribution < 1.29 is 9.53 Å². The molecule has 0 atom stereocenters. The highest BCUT2D eigenvalue weighted by Crippen LogP contribution is 2.02. The molecule has 0 heterocycles. The lowest BCUT2D eigenvalue weighted by atomic mass is 10.1. The fraction of sp³-hybridized carbons (Fsp3) is 0.250. The van der Waals surface area contributed by atoms with Gasteiger partial charge in [-0.15, -0.1) is 0 Å². The highest BCUT2D eigenvalue weighted by molar-refractivity contribution is 5.36. The maximum atomic E-state index is 8.95. The summed E-state index contributed by atoms with van der Waals surface area (Å²) >= 11 is 0. The van der Waals surface area contributed by atoms with Gasteiger partial charge in [0.25, 0.3) is 6.47 Å². The summed E-state index contributed by atoms with van der Waals surface area (Å²) in [6, 6.07) is 10.8. The van der Waals surface area contributed by atoms with Crippen LogP contribution in [0.4, 0.5) is 0 Å². The second kappa shape index (κ2) is 12.7. The monoisotopic (exact) mass is 218 g/mol. The average molecular weight is 218 g/mol. The van der Waals surface area contributed by atoms with Crippen molar-refractivity contribution in [1.29, 1.82) is 10.5 Å². The summed E-state index contributed by atoms with van der Waals surface area (Å²) in [6.45, 7) is 4.62. The zero-order valence-electron chi connectivity index (χ0n) is 9.60. The molecule has 0 amide bonds. The Morgan fingerprint density at radius 3 is 1.56 bits per heavy atom. The molecule has 0 saturated heterocycles. The topological polar surface area (TPSA) is 73.9 Å². The molecular formula is C12H14N2O2. The molecule has 0 aliphatic heterocycles. The number of ether oxygens (including phenoxy) is 1. The summed E-state index contributed by atoms with van der Waals surface area (Å²) in [5.41, 5.74) is 2.74. The second-order valence-corrected chi connectivity index (χ2v) is 2.64. The standard InChI is InChI=1S/C8H10.C2N2.C2H4O2/c1-7-5-3-4-6-8(7)2;3-1-2-4;1-4-2-3/h3-6H,1-2H3;;2H,1H3. The number of benzene rings is 1. The third-order valence-corrected chi connectivity index (χ3v) is 1.57. The van der Waals surface area contributed by atoms with Crippen molar-refractivity contribution in [2.24, 2.45) is 0 Å². The molecule has 0 spiro atoms. The summed E-state index contributed by atoms with van der Waals surface area (Å²) in [6.07, 6.45) is 0. The van der Waals surface area contributed by atoms with Gasteiger partial charge in [0, 0.05) is 0 Å². The quantitative estimate of drug-likeness (QED) is 0.677. The molecule has 0 fully saturated rings. The Balaban J connectivity index is 0. The van der Waals surface area contributed by atoms with Crippen molar-refractivity contribution in [1.82, 2.24) is 0 Å². The molecule has 0 saturated carbocycles. The van der Waals surface area contributed by atoms with Crippen LogP contribution in [0, 0.1) is 36.5 Å². The Kier molecular flexibility index (Phi) is 12.8. The van der Waals surface area contributed by atoms with Crippen LogP contribution in [0.15, 0.2) is 24.3 Å². The highest BCUT2D eigenvalue weighted by atomic mass is 16.5. The first kappa shape index (κ1) is 16.1. The van der Waals surface area contributed by atoms with E-state index in [1.165, 1.54) is 30.4 Å². The molecule has 4 nitrogen and oxygen atoms in total. The van der Waals surface area contributed by atoms with Crippen LogP contribution in [0.25, 0.3) is 0 Å². The molecule has 1 aromatic rings. The predicted molar refractivity (Wildman–Crippen MR) is 60.2 cm³/mol. The van der Waals surface area contributed by atoms with Gasteiger partial charge in [-0.25, -0.2) is 0 Å². The van der Waals surface area contributed by atoms with E-state index in [9.17, 15) is 0 Å². The van der Waals surface area contributed by atoms with Gasteiger partial charge in [-0.1, -0.05) is 24.3 Å². The number of hydrogen-bond acceptors (Lipinski definition) is 4. The van der Waals surface area contributed by atoms with Crippen LogP contribution in [0.1, 0.15) is 11.1 Å². The van der Waals surface area contributed by atoms with Crippen molar-refractivity contribution in [3.8, 4) is 12.1 Å². The van der Waals surface area contributed by atoms with E-state index in [0.717, 1.165) is 0 Å². The van der Waals surface area contributed by atoms with Gasteiger partial charge < -0.3 is 4.74 Å². The maximum absolute atomic E-state index is 8.95. The fourth-order valence-corrected chi connectivity index (χ4v) is 0.663. The van der Waals surface area contributed by atoms with Gasteiger partial charge in [-0.3, -0.25) is 4.79 Å². The van der Waals surface area contributed by atoms with Crippen LogP contribution in [0.5, 0.6) is 0 Å². The van der Waals surface area contributed by atoms with E-state index in [2.05, 4.69) is 42.8 Å². The van der Waals surface area contributed by atoms with Crippen molar-refractivity contribution >= 4 is 6.47 Å². The van der Waals surface area contributed by atoms with Crippen LogP contribution in [-0.2, 0) is 9.53 Å². The molecule has 16 heavy (non-hydrogen) atoms. The number of carbonyl (C=O) groups is 1. The Labute approximate surface area is 95.7 Å². The van der Waals surface area contributed by atoms with Crippen LogP contribution < -0.4 is 0 Å². The molecule has 0 bridgehead atoms. The van der Waals surface area contributed by atoms with Gasteiger partial charge in [0.2, 0.25) is 0 Å². The van der Waals surface area contributed by atoms with E-state index in [0.29, 0.717) is 6.47 Å². The zero-order valence-corrected chi connectivity index (χ0v) is 9.60. The number of nitrogens with zero attached hydrogens (tertiary/aromatic N) is 2. The van der Waals surface area contributed by atoms with E-state index in [1.54, 1.807) is 0 Å². The summed E-state index contributed by atoms with van der Waals surface area (Å²) in [4.78, 5) is 8.95. The van der Waals surface area contributed by atoms with Gasteiger partial charge in [-0.2, -0.15) is 10.5 Å². The van der Waals surface area contributed by atoms with Gasteiger partial charge in [0.05, 0.1) is 7.11 Å². The molecular weight excluding hydrogens is 204 g/mol. The summed E-state index contributed by atoms with van der Waals surface area (Å²) in [5, 5.41) is 14.5. The second-order valence-electron chi connectivity index (χ2n) is 2.64. The zero-order chi connectivity index (χ0) is 12.8. The number of aryl methyl sites for hydroxylation is 2. The molecule has 4 heteroatoms. The minimum Gasteiger partial charge on any atom is -0.471 e. The minimum absolute atomic E-state index is 0.375. The smallest absolute Gasteiger partial charge is 0.292 e. The molecule has 0 N–H and O–H groups in total. The first-order chi connectivity index (χ1) is 7.63. The van der Waals surface area contributed by atoms with E-state index in [-0.39, 0.29) is 0 Å². The first-order valence-electron chi connectivity index (χ1n) is 4.40. The van der Waals surface area contributed by atoms with Crippen molar-refractivity contribution in [2.45, 2.75) is 13.8 Å². The van der Waals surface area contributed by atoms with Crippen molar-refractivity contribution in [3.05, 3.63) is 35.4 Å². The van der Waals surface area contributed by atoms with Crippen LogP contribution in [-0.4, -0.2) is 13.6 Å². The van der Waals surface area contributed by atoms with Gasteiger partial charge >= 0.3 is 0 Å². The van der Waals surface area contributed by atoms with Crippen LogP contribution >= 0.6 is 0 Å². The van der Waals surface area contributed by atoms with E-state index in [1.807, 2.05) is 0 Å². The van der Waals surface area contributed by atoms with Gasteiger partial charge in [0.1, 0.15) is 0 Å². The molecule has 1 aromatic carbocycles. The lowest BCUT2D eigenvalue weighted by Gasteiger charge is -1.93. The van der Waals surface area contributed by atoms with E-state index < -0.39 is 0 Å². The number of rotatable bonds is 1. The lowest BCUT2D eigenvalue weighted by Crippen LogP contribution is -1.74. The summed E-state index contributed by atoms with van der Waals surface area (Å²) < 4.78 is 3.86. The molecule has 0 unspecified atom stereocenters. The number of hydrogen-bond donors (Lipinski definition) is 0. The van der Waals surface area contributed by atoms with Gasteiger partial charge in [-0.05, 0) is 25.0 Å². The Morgan fingerprint density at radius 2 is 1.44 bits per heavy atom. The Morgan fingerprint density at radius 1 is 1.12 bits per heavy atom. The third-order valence-electron chi connectivity index (χ3n) is 1.57.